The highest BCUT2D eigenvalue weighted by Crippen LogP contribution is 2.37. The fourth-order valence-corrected chi connectivity index (χ4v) is 2.83. The van der Waals surface area contributed by atoms with Crippen LogP contribution in [0, 0.1) is 6.92 Å². The fourth-order valence-electron chi connectivity index (χ4n) is 2.61. The molecule has 2 aromatic carbocycles. The zero-order valence-electron chi connectivity index (χ0n) is 17.2. The van der Waals surface area contributed by atoms with E-state index in [9.17, 15) is 14.7 Å². The monoisotopic (exact) mass is 421 g/mol. The molecule has 2 N–H and O–H groups in total. The molecule has 0 aromatic heterocycles. The van der Waals surface area contributed by atoms with Gasteiger partial charge in [0.15, 0.2) is 11.5 Å². The molecule has 156 valence electrons. The lowest BCUT2D eigenvalue weighted by Gasteiger charge is -2.20. The molecule has 7 nitrogen and oxygen atoms in total. The molecule has 0 radical (unpaired) electrons. The molecule has 0 saturated heterocycles. The first-order chi connectivity index (χ1) is 13.5. The van der Waals surface area contributed by atoms with E-state index in [1.54, 1.807) is 32.9 Å². The van der Waals surface area contributed by atoms with Crippen molar-refractivity contribution in [1.82, 2.24) is 0 Å². The van der Waals surface area contributed by atoms with Crippen molar-refractivity contribution in [2.45, 2.75) is 33.3 Å². The number of rotatable bonds is 5. The van der Waals surface area contributed by atoms with Crippen molar-refractivity contribution in [2.24, 2.45) is 0 Å². The van der Waals surface area contributed by atoms with Gasteiger partial charge in [0.05, 0.1) is 24.9 Å². The summed E-state index contributed by atoms with van der Waals surface area (Å²) in [7, 11) is 2.95. The zero-order chi connectivity index (χ0) is 21.9. The second-order valence-corrected chi connectivity index (χ2v) is 7.77. The highest BCUT2D eigenvalue weighted by molar-refractivity contribution is 6.33. The van der Waals surface area contributed by atoms with Crippen molar-refractivity contribution in [2.75, 3.05) is 19.5 Å². The van der Waals surface area contributed by atoms with Gasteiger partial charge < -0.3 is 24.6 Å². The Balaban J connectivity index is 2.42. The Morgan fingerprint density at radius 2 is 1.72 bits per heavy atom. The molecule has 0 bridgehead atoms. The van der Waals surface area contributed by atoms with Gasteiger partial charge in [0.1, 0.15) is 16.9 Å². The molecule has 0 spiro atoms. The number of hydrogen-bond donors (Lipinski definition) is 2. The average molecular weight is 422 g/mol. The first kappa shape index (κ1) is 22.4. The fraction of sp³-hybridized carbons (Fsp3) is 0.333. The van der Waals surface area contributed by atoms with Crippen LogP contribution >= 0.6 is 11.6 Å². The summed E-state index contributed by atoms with van der Waals surface area (Å²) in [5, 5.41) is 12.7. The Labute approximate surface area is 174 Å². The molecule has 2 aromatic rings. The number of ether oxygens (including phenoxy) is 3. The highest BCUT2D eigenvalue weighted by atomic mass is 35.5. The third-order valence-corrected chi connectivity index (χ3v) is 4.10. The van der Waals surface area contributed by atoms with Gasteiger partial charge in [-0.05, 0) is 57.5 Å². The van der Waals surface area contributed by atoms with E-state index in [2.05, 4.69) is 5.32 Å². The summed E-state index contributed by atoms with van der Waals surface area (Å²) >= 11 is 6.03. The number of nitrogens with one attached hydrogen (secondary N) is 1. The molecule has 0 heterocycles. The number of anilines is 1. The normalized spacial score (nSPS) is 11.0. The van der Waals surface area contributed by atoms with Gasteiger partial charge in [-0.15, -0.1) is 0 Å². The number of phenols is 1. The summed E-state index contributed by atoms with van der Waals surface area (Å²) in [4.78, 5) is 25.2. The lowest BCUT2D eigenvalue weighted by Crippen LogP contribution is -2.24. The molecule has 8 heteroatoms. The van der Waals surface area contributed by atoms with E-state index >= 15 is 0 Å². The number of phenolic OH excluding ortho intramolecular Hbond substituents is 1. The van der Waals surface area contributed by atoms with Gasteiger partial charge in [0, 0.05) is 5.56 Å². The highest BCUT2D eigenvalue weighted by Gasteiger charge is 2.24. The van der Waals surface area contributed by atoms with Gasteiger partial charge in [0.25, 0.3) is 5.91 Å². The Bertz CT molecular complexity index is 949. The maximum atomic E-state index is 12.8. The quantitative estimate of drug-likeness (QED) is 0.686. The molecule has 1 amide bonds. The van der Waals surface area contributed by atoms with Crippen molar-refractivity contribution >= 4 is 29.2 Å². The van der Waals surface area contributed by atoms with Crippen LogP contribution in [0.5, 0.6) is 17.2 Å². The number of benzene rings is 2. The van der Waals surface area contributed by atoms with Crippen LogP contribution in [0.1, 0.15) is 47.1 Å². The van der Waals surface area contributed by atoms with Gasteiger partial charge in [0.2, 0.25) is 0 Å². The maximum absolute atomic E-state index is 12.8. The van der Waals surface area contributed by atoms with E-state index in [0.29, 0.717) is 17.2 Å². The first-order valence-corrected chi connectivity index (χ1v) is 9.14. The zero-order valence-corrected chi connectivity index (χ0v) is 17.9. The molecular weight excluding hydrogens is 398 g/mol. The van der Waals surface area contributed by atoms with Gasteiger partial charge in [-0.2, -0.15) is 0 Å². The summed E-state index contributed by atoms with van der Waals surface area (Å²) in [6.07, 6.45) is 0. The lowest BCUT2D eigenvalue weighted by atomic mass is 10.1. The van der Waals surface area contributed by atoms with E-state index in [1.165, 1.54) is 26.4 Å². The number of aromatic hydroxyl groups is 1. The largest absolute Gasteiger partial charge is 0.505 e. The molecular formula is C21H24ClNO6. The van der Waals surface area contributed by atoms with Crippen LogP contribution < -0.4 is 14.8 Å². The average Bonchev–Trinajstić information content (AvgIpc) is 2.61. The van der Waals surface area contributed by atoms with Gasteiger partial charge >= 0.3 is 5.97 Å². The summed E-state index contributed by atoms with van der Waals surface area (Å²) in [5.41, 5.74) is 0.316. The van der Waals surface area contributed by atoms with Crippen LogP contribution in [0.2, 0.25) is 5.02 Å². The van der Waals surface area contributed by atoms with E-state index in [0.717, 1.165) is 5.56 Å². The van der Waals surface area contributed by atoms with Crippen molar-refractivity contribution < 1.29 is 28.9 Å². The molecule has 0 aliphatic heterocycles. The second kappa shape index (κ2) is 8.61. The number of esters is 1. The predicted octanol–water partition coefficient (Wildman–Crippen LogP) is 4.58. The molecule has 0 aliphatic carbocycles. The Hall–Kier alpha value is -2.93. The van der Waals surface area contributed by atoms with Crippen LogP contribution in [0.15, 0.2) is 24.3 Å². The molecule has 0 atom stereocenters. The van der Waals surface area contributed by atoms with E-state index in [4.69, 9.17) is 25.8 Å². The van der Waals surface area contributed by atoms with Crippen LogP contribution in [-0.4, -0.2) is 36.8 Å². The first-order valence-electron chi connectivity index (χ1n) is 8.76. The van der Waals surface area contributed by atoms with Crippen molar-refractivity contribution in [3.05, 3.63) is 46.0 Å². The number of halogens is 1. The van der Waals surface area contributed by atoms with E-state index in [1.807, 2.05) is 6.92 Å². The van der Waals surface area contributed by atoms with Crippen molar-refractivity contribution in [3.8, 4) is 17.2 Å². The van der Waals surface area contributed by atoms with Gasteiger partial charge in [-0.3, -0.25) is 4.79 Å². The van der Waals surface area contributed by atoms with E-state index < -0.39 is 23.2 Å². The third-order valence-electron chi connectivity index (χ3n) is 3.82. The summed E-state index contributed by atoms with van der Waals surface area (Å²) in [6.45, 7) is 6.92. The molecule has 29 heavy (non-hydrogen) atoms. The predicted molar refractivity (Wildman–Crippen MR) is 111 cm³/mol. The molecule has 2 rings (SSSR count). The lowest BCUT2D eigenvalue weighted by molar-refractivity contribution is 0.00668. The van der Waals surface area contributed by atoms with E-state index in [-0.39, 0.29) is 16.1 Å². The van der Waals surface area contributed by atoms with Gasteiger partial charge in [-0.1, -0.05) is 11.6 Å². The Kier molecular flexibility index (Phi) is 6.64. The number of carbonyl (C=O) groups excluding carboxylic acids is 2. The third kappa shape index (κ3) is 5.32. The molecule has 0 saturated carbocycles. The maximum Gasteiger partial charge on any atom is 0.342 e. The minimum Gasteiger partial charge on any atom is -0.505 e. The standard InChI is InChI=1S/C21H24ClNO6/c1-11-7-15(18(28-6)16(8-11)27-5)23-19(25)12-9-13(17(24)14(22)10-12)20(26)29-21(2,3)4/h7-10,24H,1-6H3,(H,23,25). The number of carbonyl (C=O) groups is 2. The molecule has 0 unspecified atom stereocenters. The number of aryl methyl sites for hydroxylation is 1. The van der Waals surface area contributed by atoms with Crippen molar-refractivity contribution in [1.29, 1.82) is 0 Å². The summed E-state index contributed by atoms with van der Waals surface area (Å²) in [5.74, 6) is -0.985. The number of hydrogen-bond acceptors (Lipinski definition) is 6. The van der Waals surface area contributed by atoms with Crippen LogP contribution in [0.25, 0.3) is 0 Å². The van der Waals surface area contributed by atoms with Crippen LogP contribution in [0.3, 0.4) is 0 Å². The Morgan fingerprint density at radius 3 is 2.28 bits per heavy atom. The van der Waals surface area contributed by atoms with Crippen LogP contribution in [0.4, 0.5) is 5.69 Å². The second-order valence-electron chi connectivity index (χ2n) is 7.36. The van der Waals surface area contributed by atoms with Crippen LogP contribution in [-0.2, 0) is 4.74 Å². The smallest absolute Gasteiger partial charge is 0.342 e. The van der Waals surface area contributed by atoms with Gasteiger partial charge in [-0.25, -0.2) is 4.79 Å². The minimum absolute atomic E-state index is 0.0659. The van der Waals surface area contributed by atoms with Crippen molar-refractivity contribution in [3.63, 3.8) is 0 Å². The number of methoxy groups -OCH3 is 2. The summed E-state index contributed by atoms with van der Waals surface area (Å²) in [6, 6.07) is 5.98. The molecule has 0 fully saturated rings. The summed E-state index contributed by atoms with van der Waals surface area (Å²) < 4.78 is 15.9. The minimum atomic E-state index is -0.790. The topological polar surface area (TPSA) is 94.1 Å². The molecule has 0 aliphatic rings. The SMILES string of the molecule is COc1cc(C)cc(NC(=O)c2cc(Cl)c(O)c(C(=O)OC(C)(C)C)c2)c1OC. The number of amides is 1. The Morgan fingerprint density at radius 1 is 1.07 bits per heavy atom.